The predicted molar refractivity (Wildman–Crippen MR) is 60.7 cm³/mol. The Morgan fingerprint density at radius 1 is 1.27 bits per heavy atom. The molecule has 3 saturated carbocycles. The first kappa shape index (κ1) is 10.1. The lowest BCUT2D eigenvalue weighted by molar-refractivity contribution is -0.145. The maximum atomic E-state index is 11.0. The lowest BCUT2D eigenvalue weighted by atomic mass is 9.82. The van der Waals surface area contributed by atoms with Gasteiger partial charge in [-0.3, -0.25) is 4.79 Å². The first-order valence-corrected chi connectivity index (χ1v) is 6.89. The molecule has 3 fully saturated rings. The van der Waals surface area contributed by atoms with E-state index in [-0.39, 0.29) is 12.1 Å². The zero-order chi connectivity index (χ0) is 10.6. The van der Waals surface area contributed by atoms with Gasteiger partial charge >= 0.3 is 5.97 Å². The van der Waals surface area contributed by atoms with Crippen LogP contribution in [-0.2, 0) is 9.53 Å². The molecule has 0 radical (unpaired) electrons. The molecule has 0 amide bonds. The molecule has 0 spiro atoms. The summed E-state index contributed by atoms with van der Waals surface area (Å²) in [7, 11) is 0. The molecular formula is C12H17BrO2. The van der Waals surface area contributed by atoms with Gasteiger partial charge in [-0.25, -0.2) is 0 Å². The second-order valence-corrected chi connectivity index (χ2v) is 6.46. The summed E-state index contributed by atoms with van der Waals surface area (Å²) in [5.74, 6) is 3.33. The van der Waals surface area contributed by atoms with Gasteiger partial charge in [0.2, 0.25) is 0 Å². The molecule has 3 aliphatic rings. The third-order valence-corrected chi connectivity index (χ3v) is 5.90. The maximum Gasteiger partial charge on any atom is 0.302 e. The smallest absolute Gasteiger partial charge is 0.302 e. The Morgan fingerprint density at radius 2 is 2.00 bits per heavy atom. The van der Waals surface area contributed by atoms with Crippen LogP contribution >= 0.6 is 15.9 Å². The molecule has 84 valence electrons. The van der Waals surface area contributed by atoms with Gasteiger partial charge in [0.15, 0.2) is 0 Å². The highest BCUT2D eigenvalue weighted by molar-refractivity contribution is 9.09. The molecule has 2 nitrogen and oxygen atoms in total. The number of esters is 1. The molecule has 0 aromatic heterocycles. The summed E-state index contributed by atoms with van der Waals surface area (Å²) < 4.78 is 5.40. The SMILES string of the molecule is CC(=O)OC1CC2C3CCC(C3)C2C1Br. The highest BCUT2D eigenvalue weighted by Gasteiger charge is 2.56. The van der Waals surface area contributed by atoms with Crippen LogP contribution in [0.1, 0.15) is 32.6 Å². The minimum absolute atomic E-state index is 0.128. The number of hydrogen-bond donors (Lipinski definition) is 0. The van der Waals surface area contributed by atoms with Crippen LogP contribution in [-0.4, -0.2) is 16.9 Å². The molecule has 0 saturated heterocycles. The summed E-state index contributed by atoms with van der Waals surface area (Å²) in [6, 6.07) is 0. The van der Waals surface area contributed by atoms with Crippen molar-refractivity contribution in [2.24, 2.45) is 23.7 Å². The summed E-state index contributed by atoms with van der Waals surface area (Å²) >= 11 is 3.76. The molecule has 0 heterocycles. The average molecular weight is 273 g/mol. The van der Waals surface area contributed by atoms with E-state index < -0.39 is 0 Å². The first-order valence-electron chi connectivity index (χ1n) is 5.98. The second kappa shape index (κ2) is 3.47. The number of fused-ring (bicyclic) bond motifs is 5. The normalized spacial score (nSPS) is 51.9. The average Bonchev–Trinajstić information content (AvgIpc) is 2.79. The van der Waals surface area contributed by atoms with E-state index in [0.717, 1.165) is 30.1 Å². The van der Waals surface area contributed by atoms with Crippen molar-refractivity contribution in [3.63, 3.8) is 0 Å². The lowest BCUT2D eigenvalue weighted by Gasteiger charge is -2.26. The fourth-order valence-corrected chi connectivity index (χ4v) is 5.42. The third kappa shape index (κ3) is 1.46. The molecule has 2 bridgehead atoms. The zero-order valence-electron chi connectivity index (χ0n) is 8.99. The number of halogens is 1. The number of ether oxygens (including phenoxy) is 1. The topological polar surface area (TPSA) is 26.3 Å². The highest BCUT2D eigenvalue weighted by Crippen LogP contribution is 2.60. The van der Waals surface area contributed by atoms with Gasteiger partial charge in [0, 0.05) is 6.92 Å². The number of hydrogen-bond acceptors (Lipinski definition) is 2. The van der Waals surface area contributed by atoms with Crippen LogP contribution in [0.2, 0.25) is 0 Å². The molecule has 0 aliphatic heterocycles. The van der Waals surface area contributed by atoms with Crippen LogP contribution in [0, 0.1) is 23.7 Å². The van der Waals surface area contributed by atoms with Crippen LogP contribution in [0.15, 0.2) is 0 Å². The Bertz CT molecular complexity index is 291. The Hall–Kier alpha value is -0.0500. The summed E-state index contributed by atoms with van der Waals surface area (Å²) in [6.07, 6.45) is 5.49. The molecule has 3 heteroatoms. The third-order valence-electron chi connectivity index (χ3n) is 4.70. The fraction of sp³-hybridized carbons (Fsp3) is 0.917. The monoisotopic (exact) mass is 272 g/mol. The van der Waals surface area contributed by atoms with Crippen LogP contribution in [0.5, 0.6) is 0 Å². The van der Waals surface area contributed by atoms with Crippen molar-refractivity contribution in [1.82, 2.24) is 0 Å². The van der Waals surface area contributed by atoms with Gasteiger partial charge in [0.1, 0.15) is 6.10 Å². The molecule has 6 atom stereocenters. The van der Waals surface area contributed by atoms with Crippen LogP contribution in [0.4, 0.5) is 0 Å². The molecule has 3 rings (SSSR count). The van der Waals surface area contributed by atoms with E-state index in [2.05, 4.69) is 15.9 Å². The van der Waals surface area contributed by atoms with Crippen LogP contribution < -0.4 is 0 Å². The molecule has 3 aliphatic carbocycles. The summed E-state index contributed by atoms with van der Waals surface area (Å²) in [5.41, 5.74) is 0. The van der Waals surface area contributed by atoms with Gasteiger partial charge in [0.25, 0.3) is 0 Å². The van der Waals surface area contributed by atoms with E-state index in [1.165, 1.54) is 26.2 Å². The van der Waals surface area contributed by atoms with Gasteiger partial charge in [-0.1, -0.05) is 15.9 Å². The fourth-order valence-electron chi connectivity index (χ4n) is 4.27. The van der Waals surface area contributed by atoms with Crippen molar-refractivity contribution in [1.29, 1.82) is 0 Å². The molecule has 0 N–H and O–H groups in total. The van der Waals surface area contributed by atoms with Crippen molar-refractivity contribution >= 4 is 21.9 Å². The number of carbonyl (C=O) groups excluding carboxylic acids is 1. The standard InChI is InChI=1S/C12H17BrO2/c1-6(14)15-10-5-9-7-2-3-8(4-7)11(9)12(10)13/h7-12H,2-5H2,1H3. The molecule has 15 heavy (non-hydrogen) atoms. The molecule has 0 aromatic carbocycles. The van der Waals surface area contributed by atoms with Crippen LogP contribution in [0.3, 0.4) is 0 Å². The number of alkyl halides is 1. The van der Waals surface area contributed by atoms with Gasteiger partial charge in [0.05, 0.1) is 4.83 Å². The zero-order valence-corrected chi connectivity index (χ0v) is 10.6. The Balaban J connectivity index is 1.75. The molecule has 0 aromatic rings. The van der Waals surface area contributed by atoms with E-state index in [1.54, 1.807) is 0 Å². The lowest BCUT2D eigenvalue weighted by Crippen LogP contribution is -2.27. The Kier molecular flexibility index (Phi) is 2.35. The number of carbonyl (C=O) groups is 1. The minimum Gasteiger partial charge on any atom is -0.461 e. The van der Waals surface area contributed by atoms with E-state index in [4.69, 9.17) is 4.74 Å². The van der Waals surface area contributed by atoms with Crippen molar-refractivity contribution in [2.75, 3.05) is 0 Å². The van der Waals surface area contributed by atoms with Crippen molar-refractivity contribution in [3.8, 4) is 0 Å². The first-order chi connectivity index (χ1) is 7.16. The highest BCUT2D eigenvalue weighted by atomic mass is 79.9. The predicted octanol–water partition coefficient (Wildman–Crippen LogP) is 2.75. The summed E-state index contributed by atoms with van der Waals surface area (Å²) in [6.45, 7) is 1.52. The summed E-state index contributed by atoms with van der Waals surface area (Å²) in [4.78, 5) is 11.4. The quantitative estimate of drug-likeness (QED) is 0.542. The molecular weight excluding hydrogens is 256 g/mol. The van der Waals surface area contributed by atoms with E-state index in [9.17, 15) is 4.79 Å². The van der Waals surface area contributed by atoms with E-state index in [0.29, 0.717) is 4.83 Å². The van der Waals surface area contributed by atoms with Crippen molar-refractivity contribution in [3.05, 3.63) is 0 Å². The summed E-state index contributed by atoms with van der Waals surface area (Å²) in [5, 5.41) is 0. The van der Waals surface area contributed by atoms with Crippen LogP contribution in [0.25, 0.3) is 0 Å². The Morgan fingerprint density at radius 3 is 2.67 bits per heavy atom. The maximum absolute atomic E-state index is 11.0. The number of rotatable bonds is 1. The van der Waals surface area contributed by atoms with E-state index >= 15 is 0 Å². The minimum atomic E-state index is -0.128. The Labute approximate surface area is 98.9 Å². The molecule has 6 unspecified atom stereocenters. The van der Waals surface area contributed by atoms with Gasteiger partial charge in [-0.15, -0.1) is 0 Å². The van der Waals surface area contributed by atoms with Gasteiger partial charge in [-0.05, 0) is 49.4 Å². The van der Waals surface area contributed by atoms with Gasteiger partial charge < -0.3 is 4.74 Å². The largest absolute Gasteiger partial charge is 0.461 e. The van der Waals surface area contributed by atoms with E-state index in [1.807, 2.05) is 0 Å². The van der Waals surface area contributed by atoms with Gasteiger partial charge in [-0.2, -0.15) is 0 Å². The second-order valence-electron chi connectivity index (χ2n) is 5.40. The van der Waals surface area contributed by atoms with Crippen molar-refractivity contribution < 1.29 is 9.53 Å². The van der Waals surface area contributed by atoms with Crippen molar-refractivity contribution in [2.45, 2.75) is 43.5 Å².